The molecule has 0 spiro atoms. The van der Waals surface area contributed by atoms with Gasteiger partial charge in [-0.05, 0) is 6.92 Å². The monoisotopic (exact) mass is 174 g/mol. The third-order valence-corrected chi connectivity index (χ3v) is 1.83. The molecular weight excluding hydrogens is 156 g/mol. The fourth-order valence-electron chi connectivity index (χ4n) is 1.48. The molecule has 1 unspecified atom stereocenters. The topological polar surface area (TPSA) is 35.5 Å². The number of hydrogen-bond donors (Lipinski definition) is 0. The molecule has 0 aromatic rings. The lowest BCUT2D eigenvalue weighted by Gasteiger charge is -2.30. The summed E-state index contributed by atoms with van der Waals surface area (Å²) in [6, 6.07) is 0. The summed E-state index contributed by atoms with van der Waals surface area (Å²) < 4.78 is 10.1. The van der Waals surface area contributed by atoms with E-state index in [9.17, 15) is 4.79 Å². The van der Waals surface area contributed by atoms with E-state index in [1.165, 1.54) is 6.92 Å². The number of Topliss-reactive ketones (excluding diaryl/α,β-unsaturated/α-hetero) is 1. The molecule has 0 aliphatic heterocycles. The first-order valence-corrected chi connectivity index (χ1v) is 3.98. The lowest BCUT2D eigenvalue weighted by Crippen LogP contribution is -2.40. The van der Waals surface area contributed by atoms with Crippen LogP contribution in [0.4, 0.5) is 0 Å². The molecule has 0 rings (SSSR count). The first kappa shape index (κ1) is 11.6. The average Bonchev–Trinajstić information content (AvgIpc) is 1.86. The summed E-state index contributed by atoms with van der Waals surface area (Å²) in [5, 5.41) is 0. The van der Waals surface area contributed by atoms with E-state index in [-0.39, 0.29) is 17.3 Å². The van der Waals surface area contributed by atoms with Gasteiger partial charge in [-0.3, -0.25) is 4.79 Å². The van der Waals surface area contributed by atoms with Crippen LogP contribution in [0.5, 0.6) is 0 Å². The van der Waals surface area contributed by atoms with Crippen LogP contribution in [0.3, 0.4) is 0 Å². The summed E-state index contributed by atoms with van der Waals surface area (Å²) in [5.74, 6) is 0.0413. The summed E-state index contributed by atoms with van der Waals surface area (Å²) in [6.07, 6.45) is -0.377. The summed E-state index contributed by atoms with van der Waals surface area (Å²) in [5.41, 5.74) is -0.255. The van der Waals surface area contributed by atoms with E-state index in [1.54, 1.807) is 14.2 Å². The molecule has 0 radical (unpaired) electrons. The maximum absolute atomic E-state index is 11.1. The molecule has 0 saturated carbocycles. The summed E-state index contributed by atoms with van der Waals surface area (Å²) >= 11 is 0. The third kappa shape index (κ3) is 2.91. The number of carbonyl (C=O) groups is 1. The number of ketones is 1. The van der Waals surface area contributed by atoms with Gasteiger partial charge in [0.05, 0.1) is 6.61 Å². The zero-order valence-corrected chi connectivity index (χ0v) is 8.51. The van der Waals surface area contributed by atoms with E-state index >= 15 is 0 Å². The van der Waals surface area contributed by atoms with Crippen molar-refractivity contribution < 1.29 is 14.3 Å². The van der Waals surface area contributed by atoms with Gasteiger partial charge in [0.25, 0.3) is 0 Å². The number of methoxy groups -OCH3 is 2. The van der Waals surface area contributed by atoms with Gasteiger partial charge in [-0.1, -0.05) is 13.8 Å². The predicted octanol–water partition coefficient (Wildman–Crippen LogP) is 1.26. The van der Waals surface area contributed by atoms with Crippen LogP contribution >= 0.6 is 0 Å². The van der Waals surface area contributed by atoms with Crippen LogP contribution in [-0.2, 0) is 14.3 Å². The molecule has 3 heteroatoms. The zero-order chi connectivity index (χ0) is 9.78. The Morgan fingerprint density at radius 2 is 1.92 bits per heavy atom. The highest BCUT2D eigenvalue weighted by molar-refractivity contribution is 5.81. The van der Waals surface area contributed by atoms with Gasteiger partial charge in [0.2, 0.25) is 0 Å². The van der Waals surface area contributed by atoms with Gasteiger partial charge < -0.3 is 9.47 Å². The minimum absolute atomic E-state index is 0.0413. The molecule has 3 nitrogen and oxygen atoms in total. The molecule has 0 N–H and O–H groups in total. The Morgan fingerprint density at radius 1 is 1.42 bits per heavy atom. The quantitative estimate of drug-likeness (QED) is 0.629. The van der Waals surface area contributed by atoms with Crippen molar-refractivity contribution in [1.82, 2.24) is 0 Å². The molecule has 0 aromatic carbocycles. The zero-order valence-electron chi connectivity index (χ0n) is 8.51. The van der Waals surface area contributed by atoms with Crippen LogP contribution in [0.1, 0.15) is 20.8 Å². The van der Waals surface area contributed by atoms with Gasteiger partial charge in [-0.25, -0.2) is 0 Å². The Labute approximate surface area is 74.0 Å². The smallest absolute Gasteiger partial charge is 0.159 e. The molecule has 0 amide bonds. The lowest BCUT2D eigenvalue weighted by atomic mass is 9.85. The van der Waals surface area contributed by atoms with Crippen LogP contribution in [-0.4, -0.2) is 32.7 Å². The van der Waals surface area contributed by atoms with Gasteiger partial charge in [0.1, 0.15) is 6.10 Å². The largest absolute Gasteiger partial charge is 0.384 e. The summed E-state index contributed by atoms with van der Waals surface area (Å²) in [7, 11) is 3.16. The molecular formula is C9H18O3. The molecule has 72 valence electrons. The van der Waals surface area contributed by atoms with Crippen LogP contribution in [0.2, 0.25) is 0 Å². The first-order chi connectivity index (χ1) is 5.45. The van der Waals surface area contributed by atoms with Gasteiger partial charge in [0.15, 0.2) is 5.78 Å². The maximum atomic E-state index is 11.1. The first-order valence-electron chi connectivity index (χ1n) is 3.98. The molecule has 0 heterocycles. The minimum Gasteiger partial charge on any atom is -0.384 e. The van der Waals surface area contributed by atoms with Crippen molar-refractivity contribution in [3.05, 3.63) is 0 Å². The fourth-order valence-corrected chi connectivity index (χ4v) is 1.48. The van der Waals surface area contributed by atoms with Crippen molar-refractivity contribution in [2.45, 2.75) is 26.9 Å². The summed E-state index contributed by atoms with van der Waals surface area (Å²) in [6.45, 7) is 5.95. The summed E-state index contributed by atoms with van der Waals surface area (Å²) in [4.78, 5) is 11.1. The SMILES string of the molecule is COCC(C)(C)C(OC)C(C)=O. The van der Waals surface area contributed by atoms with Crippen molar-refractivity contribution in [2.75, 3.05) is 20.8 Å². The van der Waals surface area contributed by atoms with Crippen LogP contribution < -0.4 is 0 Å². The van der Waals surface area contributed by atoms with E-state index in [2.05, 4.69) is 0 Å². The Balaban J connectivity index is 4.36. The maximum Gasteiger partial charge on any atom is 0.159 e. The Morgan fingerprint density at radius 3 is 2.17 bits per heavy atom. The van der Waals surface area contributed by atoms with Gasteiger partial charge in [-0.15, -0.1) is 0 Å². The van der Waals surface area contributed by atoms with Gasteiger partial charge in [-0.2, -0.15) is 0 Å². The fraction of sp³-hybridized carbons (Fsp3) is 0.889. The van der Waals surface area contributed by atoms with Crippen molar-refractivity contribution in [1.29, 1.82) is 0 Å². The second kappa shape index (κ2) is 4.58. The normalized spacial score (nSPS) is 14.4. The highest BCUT2D eigenvalue weighted by Gasteiger charge is 2.32. The lowest BCUT2D eigenvalue weighted by molar-refractivity contribution is -0.136. The average molecular weight is 174 g/mol. The second-order valence-electron chi connectivity index (χ2n) is 3.65. The van der Waals surface area contributed by atoms with E-state index in [4.69, 9.17) is 9.47 Å². The Bertz CT molecular complexity index is 152. The Hall–Kier alpha value is -0.410. The highest BCUT2D eigenvalue weighted by atomic mass is 16.5. The van der Waals surface area contributed by atoms with E-state index in [0.717, 1.165) is 0 Å². The molecule has 12 heavy (non-hydrogen) atoms. The standard InChI is InChI=1S/C9H18O3/c1-7(10)8(12-5)9(2,3)6-11-4/h8H,6H2,1-5H3. The molecule has 1 atom stereocenters. The molecule has 0 bridgehead atoms. The molecule has 0 fully saturated rings. The number of carbonyl (C=O) groups excluding carboxylic acids is 1. The van der Waals surface area contributed by atoms with Crippen molar-refractivity contribution >= 4 is 5.78 Å². The predicted molar refractivity (Wildman–Crippen MR) is 47.1 cm³/mol. The Kier molecular flexibility index (Phi) is 4.42. The van der Waals surface area contributed by atoms with Crippen LogP contribution in [0.15, 0.2) is 0 Å². The number of ether oxygens (including phenoxy) is 2. The molecule has 0 aliphatic carbocycles. The van der Waals surface area contributed by atoms with Crippen molar-refractivity contribution in [2.24, 2.45) is 5.41 Å². The third-order valence-electron chi connectivity index (χ3n) is 1.83. The van der Waals surface area contributed by atoms with Gasteiger partial charge in [0, 0.05) is 19.6 Å². The second-order valence-corrected chi connectivity index (χ2v) is 3.65. The highest BCUT2D eigenvalue weighted by Crippen LogP contribution is 2.23. The molecule has 0 aliphatic rings. The van der Waals surface area contributed by atoms with Crippen molar-refractivity contribution in [3.8, 4) is 0 Å². The number of rotatable bonds is 5. The molecule has 0 aromatic heterocycles. The minimum atomic E-state index is -0.377. The van der Waals surface area contributed by atoms with Crippen LogP contribution in [0.25, 0.3) is 0 Å². The van der Waals surface area contributed by atoms with Crippen LogP contribution in [0, 0.1) is 5.41 Å². The van der Waals surface area contributed by atoms with E-state index in [0.29, 0.717) is 6.61 Å². The van der Waals surface area contributed by atoms with E-state index < -0.39 is 0 Å². The molecule has 0 saturated heterocycles. The van der Waals surface area contributed by atoms with Crippen molar-refractivity contribution in [3.63, 3.8) is 0 Å². The number of hydrogen-bond acceptors (Lipinski definition) is 3. The van der Waals surface area contributed by atoms with Gasteiger partial charge >= 0.3 is 0 Å². The van der Waals surface area contributed by atoms with E-state index in [1.807, 2.05) is 13.8 Å².